The molecule has 0 radical (unpaired) electrons. The summed E-state index contributed by atoms with van der Waals surface area (Å²) in [6, 6.07) is 15.2. The van der Waals surface area contributed by atoms with Gasteiger partial charge in [0.2, 0.25) is 5.91 Å². The summed E-state index contributed by atoms with van der Waals surface area (Å²) in [5.74, 6) is -0.130. The van der Waals surface area contributed by atoms with Crippen LogP contribution in [0.3, 0.4) is 0 Å². The van der Waals surface area contributed by atoms with Crippen molar-refractivity contribution in [2.75, 3.05) is 45.8 Å². The topological polar surface area (TPSA) is 123 Å². The minimum absolute atomic E-state index is 0.130. The highest BCUT2D eigenvalue weighted by Gasteiger charge is 2.26. The second-order valence-electron chi connectivity index (χ2n) is 9.80. The zero-order valence-electron chi connectivity index (χ0n) is 24.9. The number of hydrogen-bond donors (Lipinski definition) is 0. The number of rotatable bonds is 13. The highest BCUT2D eigenvalue weighted by molar-refractivity contribution is 7.48. The van der Waals surface area contributed by atoms with Gasteiger partial charge in [-0.25, -0.2) is 14.5 Å². The number of benzene rings is 1. The standard InChI is InChI=1S/C31H35N6O5P/c1-6-40-43(39,41-7-2)42-22-37-21-29(24-13-14-33-26(16-24)19-32)28-18-25(20-34-31(28)37)23-10-8-11-27(17-23)36(5)30(38)12-9-15-35(3)4/h8-14,16-18,20-21H,6-7,15,22H2,1-5H3/b12-9+. The van der Waals surface area contributed by atoms with Crippen molar-refractivity contribution in [3.8, 4) is 28.3 Å². The molecule has 0 aliphatic rings. The highest BCUT2D eigenvalue weighted by atomic mass is 31.2. The summed E-state index contributed by atoms with van der Waals surface area (Å²) in [5, 5.41) is 10.2. The van der Waals surface area contributed by atoms with Gasteiger partial charge >= 0.3 is 7.82 Å². The molecule has 1 amide bonds. The molecule has 12 heteroatoms. The summed E-state index contributed by atoms with van der Waals surface area (Å²) in [4.78, 5) is 25.2. The van der Waals surface area contributed by atoms with Crippen LogP contribution in [0.4, 0.5) is 5.69 Å². The molecule has 3 aromatic heterocycles. The van der Waals surface area contributed by atoms with Gasteiger partial charge in [0.25, 0.3) is 0 Å². The molecule has 1 aromatic carbocycles. The van der Waals surface area contributed by atoms with Gasteiger partial charge in [-0.2, -0.15) is 5.26 Å². The van der Waals surface area contributed by atoms with E-state index in [1.54, 1.807) is 54.9 Å². The lowest BCUT2D eigenvalue weighted by atomic mass is 10.0. The smallest absolute Gasteiger partial charge is 0.312 e. The molecule has 0 fully saturated rings. The van der Waals surface area contributed by atoms with Crippen molar-refractivity contribution in [1.82, 2.24) is 19.4 Å². The third-order valence-corrected chi connectivity index (χ3v) is 8.04. The molecule has 0 atom stereocenters. The fourth-order valence-electron chi connectivity index (χ4n) is 4.38. The fraction of sp³-hybridized carbons (Fsp3) is 0.290. The number of phosphoric acid groups is 1. The number of aromatic nitrogens is 3. The second-order valence-corrected chi connectivity index (χ2v) is 11.5. The first-order valence-electron chi connectivity index (χ1n) is 13.8. The van der Waals surface area contributed by atoms with Crippen molar-refractivity contribution in [3.05, 3.63) is 78.9 Å². The molecular formula is C31H35N6O5P. The molecule has 0 N–H and O–H groups in total. The number of phosphoric ester groups is 1. The van der Waals surface area contributed by atoms with E-state index in [0.717, 1.165) is 33.3 Å². The molecule has 0 spiro atoms. The van der Waals surface area contributed by atoms with E-state index in [0.29, 0.717) is 12.2 Å². The monoisotopic (exact) mass is 602 g/mol. The normalized spacial score (nSPS) is 11.8. The Morgan fingerprint density at radius 2 is 1.79 bits per heavy atom. The summed E-state index contributed by atoms with van der Waals surface area (Å²) in [6.45, 7) is 4.28. The largest absolute Gasteiger partial charge is 0.476 e. The summed E-state index contributed by atoms with van der Waals surface area (Å²) in [6.07, 6.45) is 8.53. The molecule has 4 rings (SSSR count). The van der Waals surface area contributed by atoms with Crippen LogP contribution in [0.5, 0.6) is 0 Å². The number of fused-ring (bicyclic) bond motifs is 1. The number of nitriles is 1. The average molecular weight is 603 g/mol. The van der Waals surface area contributed by atoms with Gasteiger partial charge in [0.05, 0.1) is 13.2 Å². The van der Waals surface area contributed by atoms with Crippen molar-refractivity contribution < 1.29 is 22.9 Å². The molecule has 0 bridgehead atoms. The highest BCUT2D eigenvalue weighted by Crippen LogP contribution is 2.49. The fourth-order valence-corrected chi connectivity index (χ4v) is 5.50. The number of pyridine rings is 2. The molecule has 0 aliphatic carbocycles. The zero-order chi connectivity index (χ0) is 31.0. The van der Waals surface area contributed by atoms with Gasteiger partial charge in [0.1, 0.15) is 24.1 Å². The van der Waals surface area contributed by atoms with Crippen molar-refractivity contribution in [2.24, 2.45) is 0 Å². The lowest BCUT2D eigenvalue weighted by Crippen LogP contribution is -2.24. The summed E-state index contributed by atoms with van der Waals surface area (Å²) in [7, 11) is 1.85. The van der Waals surface area contributed by atoms with E-state index in [4.69, 9.17) is 18.6 Å². The van der Waals surface area contributed by atoms with Crippen LogP contribution >= 0.6 is 7.82 Å². The van der Waals surface area contributed by atoms with Gasteiger partial charge in [-0.05, 0) is 69.4 Å². The molecule has 0 saturated carbocycles. The van der Waals surface area contributed by atoms with Crippen molar-refractivity contribution in [3.63, 3.8) is 0 Å². The van der Waals surface area contributed by atoms with Crippen LogP contribution in [-0.2, 0) is 29.7 Å². The number of amides is 1. The third-order valence-electron chi connectivity index (χ3n) is 6.46. The Bertz CT molecular complexity index is 1700. The predicted molar refractivity (Wildman–Crippen MR) is 166 cm³/mol. The maximum atomic E-state index is 13.0. The molecule has 11 nitrogen and oxygen atoms in total. The number of carbonyl (C=O) groups is 1. The molecule has 43 heavy (non-hydrogen) atoms. The van der Waals surface area contributed by atoms with Crippen molar-refractivity contribution >= 4 is 30.5 Å². The van der Waals surface area contributed by atoms with Gasteiger partial charge in [-0.3, -0.25) is 18.4 Å². The Kier molecular flexibility index (Phi) is 10.6. The minimum Gasteiger partial charge on any atom is -0.312 e. The van der Waals surface area contributed by atoms with Crippen LogP contribution in [0, 0.1) is 11.3 Å². The van der Waals surface area contributed by atoms with Crippen LogP contribution in [0.1, 0.15) is 19.5 Å². The summed E-state index contributed by atoms with van der Waals surface area (Å²) in [5.41, 5.74) is 4.81. The first-order chi connectivity index (χ1) is 20.7. The molecular weight excluding hydrogens is 567 g/mol. The van der Waals surface area contributed by atoms with Gasteiger partial charge in [0, 0.05) is 60.5 Å². The van der Waals surface area contributed by atoms with Gasteiger partial charge in [-0.15, -0.1) is 0 Å². The maximum absolute atomic E-state index is 13.0. The van der Waals surface area contributed by atoms with Gasteiger partial charge < -0.3 is 14.4 Å². The van der Waals surface area contributed by atoms with Crippen LogP contribution in [0.2, 0.25) is 0 Å². The van der Waals surface area contributed by atoms with Crippen LogP contribution < -0.4 is 4.90 Å². The number of likely N-dealkylation sites (N-methyl/N-ethyl adjacent to an activating group) is 2. The SMILES string of the molecule is CCOP(=O)(OCC)OCn1cc(-c2ccnc(C#N)c2)c2cc(-c3cccc(N(C)C(=O)/C=C/CN(C)C)c3)cnc21. The summed E-state index contributed by atoms with van der Waals surface area (Å²) < 4.78 is 30.9. The zero-order valence-corrected chi connectivity index (χ0v) is 25.8. The van der Waals surface area contributed by atoms with E-state index in [-0.39, 0.29) is 31.5 Å². The van der Waals surface area contributed by atoms with Crippen LogP contribution in [-0.4, -0.2) is 66.2 Å². The van der Waals surface area contributed by atoms with E-state index < -0.39 is 7.82 Å². The quantitative estimate of drug-likeness (QED) is 0.136. The van der Waals surface area contributed by atoms with Gasteiger partial charge in [0.15, 0.2) is 0 Å². The molecule has 0 aliphatic heterocycles. The lowest BCUT2D eigenvalue weighted by molar-refractivity contribution is -0.113. The summed E-state index contributed by atoms with van der Waals surface area (Å²) >= 11 is 0. The Morgan fingerprint density at radius 1 is 1.02 bits per heavy atom. The number of carbonyl (C=O) groups excluding carboxylic acids is 1. The van der Waals surface area contributed by atoms with Gasteiger partial charge in [-0.1, -0.05) is 18.2 Å². The van der Waals surface area contributed by atoms with E-state index in [1.807, 2.05) is 67.7 Å². The van der Waals surface area contributed by atoms with E-state index in [2.05, 4.69) is 11.1 Å². The molecule has 0 unspecified atom stereocenters. The maximum Gasteiger partial charge on any atom is 0.476 e. The van der Waals surface area contributed by atoms with E-state index in [1.165, 1.54) is 0 Å². The lowest BCUT2D eigenvalue weighted by Gasteiger charge is -2.17. The Balaban J connectivity index is 1.74. The average Bonchev–Trinajstić information content (AvgIpc) is 3.38. The number of hydrogen-bond acceptors (Lipinski definition) is 9. The number of anilines is 1. The van der Waals surface area contributed by atoms with Crippen LogP contribution in [0.15, 0.2) is 73.2 Å². The first kappa shape index (κ1) is 31.8. The third kappa shape index (κ3) is 7.82. The second kappa shape index (κ2) is 14.3. The van der Waals surface area contributed by atoms with Crippen molar-refractivity contribution in [1.29, 1.82) is 5.26 Å². The van der Waals surface area contributed by atoms with E-state index in [9.17, 15) is 14.6 Å². The van der Waals surface area contributed by atoms with Crippen molar-refractivity contribution in [2.45, 2.75) is 20.6 Å². The molecule has 0 saturated heterocycles. The Hall–Kier alpha value is -4.17. The Labute approximate surface area is 251 Å². The van der Waals surface area contributed by atoms with E-state index >= 15 is 0 Å². The molecule has 3 heterocycles. The van der Waals surface area contributed by atoms with Crippen LogP contribution in [0.25, 0.3) is 33.3 Å². The predicted octanol–water partition coefficient (Wildman–Crippen LogP) is 5.87. The number of nitrogens with zero attached hydrogens (tertiary/aromatic N) is 6. The minimum atomic E-state index is -3.77. The Morgan fingerprint density at radius 3 is 2.49 bits per heavy atom. The molecule has 224 valence electrons. The molecule has 4 aromatic rings. The first-order valence-corrected chi connectivity index (χ1v) is 15.2.